The molecule has 0 radical (unpaired) electrons. The highest BCUT2D eigenvalue weighted by atomic mass is 19.1. The molecule has 1 heterocycles. The highest BCUT2D eigenvalue weighted by molar-refractivity contribution is 6.00. The van der Waals surface area contributed by atoms with E-state index in [1.54, 1.807) is 25.3 Å². The summed E-state index contributed by atoms with van der Waals surface area (Å²) < 4.78 is 63.2. The zero-order valence-corrected chi connectivity index (χ0v) is 18.3. The van der Waals surface area contributed by atoms with E-state index in [0.29, 0.717) is 28.2 Å². The number of nitrogens with one attached hydrogen (secondary N) is 1. The number of aliphatic imine (C=N–C) groups is 1. The summed E-state index contributed by atoms with van der Waals surface area (Å²) in [5.74, 6) is -2.38. The van der Waals surface area contributed by atoms with Crippen molar-refractivity contribution < 1.29 is 22.3 Å². The lowest BCUT2D eigenvalue weighted by Gasteiger charge is -2.20. The average Bonchev–Trinajstić information content (AvgIpc) is 2.74. The maximum atomic E-state index is 15.0. The zero-order chi connectivity index (χ0) is 23.7. The smallest absolute Gasteiger partial charge is 0.224 e. The highest BCUT2D eigenvalue weighted by Gasteiger charge is 2.23. The maximum absolute atomic E-state index is 15.0. The molecule has 7 heteroatoms. The number of benzene rings is 3. The molecule has 3 aromatic rings. The van der Waals surface area contributed by atoms with E-state index in [1.807, 2.05) is 13.8 Å². The Balaban J connectivity index is 1.58. The second-order valence-electron chi connectivity index (χ2n) is 8.12. The molecule has 0 amide bonds. The van der Waals surface area contributed by atoms with Crippen molar-refractivity contribution in [3.05, 3.63) is 94.7 Å². The zero-order valence-electron chi connectivity index (χ0n) is 18.3. The van der Waals surface area contributed by atoms with Gasteiger partial charge in [0.2, 0.25) is 5.90 Å². The summed E-state index contributed by atoms with van der Waals surface area (Å²) in [6.45, 7) is 5.43. The van der Waals surface area contributed by atoms with Crippen LogP contribution in [0, 0.1) is 36.1 Å². The van der Waals surface area contributed by atoms with E-state index in [0.717, 1.165) is 11.6 Å². The van der Waals surface area contributed by atoms with Gasteiger partial charge in [0.25, 0.3) is 0 Å². The van der Waals surface area contributed by atoms with Gasteiger partial charge in [-0.3, -0.25) is 0 Å². The molecule has 1 N–H and O–H groups in total. The molecule has 0 bridgehead atoms. The first kappa shape index (κ1) is 22.6. The van der Waals surface area contributed by atoms with E-state index in [2.05, 4.69) is 10.3 Å². The number of ether oxygens (including phenoxy) is 1. The fourth-order valence-electron chi connectivity index (χ4n) is 3.49. The molecular formula is C26H22F4N2O. The molecule has 33 heavy (non-hydrogen) atoms. The van der Waals surface area contributed by atoms with Crippen LogP contribution in [0.1, 0.15) is 25.0 Å². The van der Waals surface area contributed by atoms with Gasteiger partial charge in [-0.15, -0.1) is 0 Å². The monoisotopic (exact) mass is 454 g/mol. The van der Waals surface area contributed by atoms with E-state index < -0.39 is 29.0 Å². The van der Waals surface area contributed by atoms with Crippen molar-refractivity contribution in [2.24, 2.45) is 10.9 Å². The molecule has 4 rings (SSSR count). The van der Waals surface area contributed by atoms with Gasteiger partial charge in [-0.25, -0.2) is 22.6 Å². The predicted molar refractivity (Wildman–Crippen MR) is 121 cm³/mol. The molecule has 3 aromatic carbocycles. The van der Waals surface area contributed by atoms with E-state index in [-0.39, 0.29) is 18.2 Å². The molecule has 0 atom stereocenters. The van der Waals surface area contributed by atoms with Crippen LogP contribution in [0.4, 0.5) is 23.2 Å². The Morgan fingerprint density at radius 2 is 1.73 bits per heavy atom. The molecule has 0 fully saturated rings. The topological polar surface area (TPSA) is 33.6 Å². The normalized spacial score (nSPS) is 12.8. The van der Waals surface area contributed by atoms with Crippen LogP contribution >= 0.6 is 0 Å². The fraction of sp³-hybridized carbons (Fsp3) is 0.192. The number of nitrogens with zero attached hydrogens (tertiary/aromatic N) is 1. The third kappa shape index (κ3) is 4.62. The van der Waals surface area contributed by atoms with Gasteiger partial charge >= 0.3 is 0 Å². The van der Waals surface area contributed by atoms with Crippen molar-refractivity contribution in [2.45, 2.75) is 27.3 Å². The lowest BCUT2D eigenvalue weighted by atomic mass is 9.99. The molecule has 170 valence electrons. The van der Waals surface area contributed by atoms with Crippen molar-refractivity contribution in [3.8, 4) is 16.9 Å². The Bertz CT molecular complexity index is 1280. The Morgan fingerprint density at radius 3 is 2.39 bits per heavy atom. The summed E-state index contributed by atoms with van der Waals surface area (Å²) in [7, 11) is 0. The average molecular weight is 454 g/mol. The van der Waals surface area contributed by atoms with Gasteiger partial charge in [0, 0.05) is 18.3 Å². The Labute approximate surface area is 189 Å². The lowest BCUT2D eigenvalue weighted by molar-refractivity contribution is 0.476. The standard InChI is InChI=1S/C26H22F4N2O/c1-14(2)20-13-32-26(20)33-23-8-7-21(28)25(24(23)30)31-12-18-9-17(11-22(29)15(18)3)16-5-4-6-19(27)10-16/h4-11,13-14,31H,12H2,1-3H3. The number of hydrogen-bond acceptors (Lipinski definition) is 3. The van der Waals surface area contributed by atoms with Crippen LogP contribution in [-0.2, 0) is 6.54 Å². The van der Waals surface area contributed by atoms with E-state index in [4.69, 9.17) is 4.74 Å². The molecule has 1 aliphatic heterocycles. The molecule has 0 saturated heterocycles. The molecule has 1 aliphatic rings. The van der Waals surface area contributed by atoms with Crippen molar-refractivity contribution in [2.75, 3.05) is 5.32 Å². The molecule has 0 unspecified atom stereocenters. The van der Waals surface area contributed by atoms with Gasteiger partial charge in [-0.05, 0) is 71.5 Å². The largest absolute Gasteiger partial charge is 0.436 e. The van der Waals surface area contributed by atoms with Gasteiger partial charge in [0.05, 0.1) is 0 Å². The Kier molecular flexibility index (Phi) is 6.22. The third-order valence-electron chi connectivity index (χ3n) is 5.52. The number of anilines is 1. The fourth-order valence-corrected chi connectivity index (χ4v) is 3.49. The van der Waals surface area contributed by atoms with Gasteiger partial charge in [0.1, 0.15) is 23.1 Å². The first-order valence-electron chi connectivity index (χ1n) is 10.5. The maximum Gasteiger partial charge on any atom is 0.224 e. The van der Waals surface area contributed by atoms with Crippen LogP contribution < -0.4 is 10.1 Å². The molecule has 0 aromatic heterocycles. The quantitative estimate of drug-likeness (QED) is 0.401. The second kappa shape index (κ2) is 9.10. The SMILES string of the molecule is Cc1c(F)cc(-c2cccc(F)c2)cc1CNc1c(F)ccc(OC2=NC=C2C(C)C)c1F. The van der Waals surface area contributed by atoms with Crippen molar-refractivity contribution in [3.63, 3.8) is 0 Å². The Hall–Kier alpha value is -3.61. The van der Waals surface area contributed by atoms with Crippen LogP contribution in [0.15, 0.2) is 65.3 Å². The van der Waals surface area contributed by atoms with Crippen LogP contribution in [-0.4, -0.2) is 5.90 Å². The first-order valence-corrected chi connectivity index (χ1v) is 10.5. The van der Waals surface area contributed by atoms with E-state index in [1.165, 1.54) is 30.3 Å². The van der Waals surface area contributed by atoms with Gasteiger partial charge in [-0.1, -0.05) is 26.0 Å². The summed E-state index contributed by atoms with van der Waals surface area (Å²) in [6.07, 6.45) is 1.64. The summed E-state index contributed by atoms with van der Waals surface area (Å²) in [5.41, 5.74) is 2.22. The summed E-state index contributed by atoms with van der Waals surface area (Å²) in [5, 5.41) is 2.71. The molecular weight excluding hydrogens is 432 g/mol. The van der Waals surface area contributed by atoms with E-state index >= 15 is 4.39 Å². The molecule has 0 saturated carbocycles. The minimum atomic E-state index is -0.910. The van der Waals surface area contributed by atoms with E-state index in [9.17, 15) is 13.2 Å². The molecule has 3 nitrogen and oxygen atoms in total. The molecule has 0 aliphatic carbocycles. The summed E-state index contributed by atoms with van der Waals surface area (Å²) >= 11 is 0. The number of rotatable bonds is 6. The van der Waals surface area contributed by atoms with Crippen molar-refractivity contribution in [1.82, 2.24) is 0 Å². The second-order valence-corrected chi connectivity index (χ2v) is 8.12. The van der Waals surface area contributed by atoms with Crippen LogP contribution in [0.3, 0.4) is 0 Å². The third-order valence-corrected chi connectivity index (χ3v) is 5.52. The van der Waals surface area contributed by atoms with Gasteiger partial charge < -0.3 is 10.1 Å². The van der Waals surface area contributed by atoms with Crippen LogP contribution in [0.5, 0.6) is 5.75 Å². The Morgan fingerprint density at radius 1 is 0.939 bits per heavy atom. The first-order chi connectivity index (χ1) is 15.7. The number of hydrogen-bond donors (Lipinski definition) is 1. The molecule has 0 spiro atoms. The van der Waals surface area contributed by atoms with Crippen molar-refractivity contribution in [1.29, 1.82) is 0 Å². The summed E-state index contributed by atoms with van der Waals surface area (Å²) in [6, 6.07) is 11.0. The van der Waals surface area contributed by atoms with Crippen molar-refractivity contribution >= 4 is 11.6 Å². The lowest BCUT2D eigenvalue weighted by Crippen LogP contribution is -2.21. The van der Waals surface area contributed by atoms with Gasteiger partial charge in [-0.2, -0.15) is 0 Å². The van der Waals surface area contributed by atoms with Crippen LogP contribution in [0.2, 0.25) is 0 Å². The number of halogens is 4. The predicted octanol–water partition coefficient (Wildman–Crippen LogP) is 7.16. The minimum Gasteiger partial charge on any atom is -0.436 e. The highest BCUT2D eigenvalue weighted by Crippen LogP contribution is 2.32. The minimum absolute atomic E-state index is 0.0543. The summed E-state index contributed by atoms with van der Waals surface area (Å²) in [4.78, 5) is 4.00. The van der Waals surface area contributed by atoms with Crippen LogP contribution in [0.25, 0.3) is 11.1 Å². The van der Waals surface area contributed by atoms with Gasteiger partial charge in [0.15, 0.2) is 11.6 Å².